The monoisotopic (exact) mass is 417 g/mol. The number of amides is 1. The van der Waals surface area contributed by atoms with Crippen molar-refractivity contribution in [3.63, 3.8) is 0 Å². The van der Waals surface area contributed by atoms with Gasteiger partial charge in [-0.15, -0.1) is 0 Å². The van der Waals surface area contributed by atoms with Gasteiger partial charge in [0.05, 0.1) is 33.4 Å². The van der Waals surface area contributed by atoms with Crippen LogP contribution in [0.5, 0.6) is 0 Å². The molecule has 1 heterocycles. The zero-order valence-electron chi connectivity index (χ0n) is 15.3. The molecule has 1 aliphatic carbocycles. The maximum atomic E-state index is 13.4. The zero-order chi connectivity index (χ0) is 20.1. The van der Waals surface area contributed by atoms with Gasteiger partial charge >= 0.3 is 0 Å². The lowest BCUT2D eigenvalue weighted by Crippen LogP contribution is -2.31. The number of fused-ring (bicyclic) bond motifs is 1. The van der Waals surface area contributed by atoms with E-state index in [2.05, 4.69) is 5.32 Å². The Kier molecular flexibility index (Phi) is 4.39. The number of nitrogens with one attached hydrogen (secondary N) is 1. The Hall–Kier alpha value is -2.51. The van der Waals surface area contributed by atoms with Gasteiger partial charge in [0.2, 0.25) is 5.91 Å². The van der Waals surface area contributed by atoms with E-state index in [9.17, 15) is 13.2 Å². The number of hydrogen-bond acceptors (Lipinski definition) is 4. The fourth-order valence-electron chi connectivity index (χ4n) is 3.18. The topological polar surface area (TPSA) is 94.2 Å². The van der Waals surface area contributed by atoms with Crippen molar-refractivity contribution in [3.8, 4) is 0 Å². The van der Waals surface area contributed by atoms with E-state index in [1.54, 1.807) is 36.4 Å². The average Bonchev–Trinajstić information content (AvgIpc) is 3.32. The second-order valence-electron chi connectivity index (χ2n) is 7.39. The first kappa shape index (κ1) is 18.8. The number of benzene rings is 2. The largest absolute Gasteiger partial charge is 0.397 e. The van der Waals surface area contributed by atoms with Crippen LogP contribution in [0.2, 0.25) is 5.02 Å². The number of nitrogen functional groups attached to an aromatic ring is 1. The number of nitrogens with two attached hydrogens (primary N) is 1. The van der Waals surface area contributed by atoms with Gasteiger partial charge in [0, 0.05) is 10.8 Å². The first-order valence-corrected chi connectivity index (χ1v) is 10.7. The van der Waals surface area contributed by atoms with E-state index in [-0.39, 0.29) is 28.4 Å². The highest BCUT2D eigenvalue weighted by Gasteiger charge is 2.44. The number of nitrogens with zero attached hydrogens (tertiary/aromatic N) is 1. The summed E-state index contributed by atoms with van der Waals surface area (Å²) in [7, 11) is -3.88. The lowest BCUT2D eigenvalue weighted by atomic mass is 10.1. The molecule has 1 saturated carbocycles. The summed E-state index contributed by atoms with van der Waals surface area (Å²) in [5.74, 6) is -0.0704. The number of hydrogen-bond donors (Lipinski definition) is 2. The minimum Gasteiger partial charge on any atom is -0.397 e. The second kappa shape index (κ2) is 6.53. The predicted octanol–water partition coefficient (Wildman–Crippen LogP) is 3.53. The van der Waals surface area contributed by atoms with Crippen LogP contribution in [0.15, 0.2) is 53.4 Å². The van der Waals surface area contributed by atoms with Crippen molar-refractivity contribution >= 4 is 44.1 Å². The third-order valence-corrected chi connectivity index (χ3v) is 7.31. The van der Waals surface area contributed by atoms with Crippen molar-refractivity contribution in [2.45, 2.75) is 31.2 Å². The summed E-state index contributed by atoms with van der Waals surface area (Å²) < 4.78 is 27.9. The lowest BCUT2D eigenvalue weighted by molar-refractivity contribution is -0.125. The number of aromatic nitrogens is 1. The van der Waals surface area contributed by atoms with Gasteiger partial charge in [-0.25, -0.2) is 12.4 Å². The molecular weight excluding hydrogens is 398 g/mol. The highest BCUT2D eigenvalue weighted by atomic mass is 35.5. The summed E-state index contributed by atoms with van der Waals surface area (Å²) >= 11 is 6.12. The standard InChI is InChI=1S/C20H20ClN3O3S/c1-20(7-8-20)19(25)23-12-14-9-13-10-16(21)17(22)11-18(13)24(14)28(26,27)15-5-3-2-4-6-15/h2-6,9-11H,7-8,12,22H2,1H3,(H,23,25). The molecule has 0 saturated heterocycles. The van der Waals surface area contributed by atoms with Gasteiger partial charge in [0.15, 0.2) is 0 Å². The molecule has 0 bridgehead atoms. The van der Waals surface area contributed by atoms with Crippen LogP contribution < -0.4 is 11.1 Å². The van der Waals surface area contributed by atoms with E-state index >= 15 is 0 Å². The van der Waals surface area contributed by atoms with E-state index in [0.29, 0.717) is 21.6 Å². The van der Waals surface area contributed by atoms with Crippen LogP contribution in [0.1, 0.15) is 25.5 Å². The highest BCUT2D eigenvalue weighted by Crippen LogP contribution is 2.45. The van der Waals surface area contributed by atoms with Crippen molar-refractivity contribution in [3.05, 3.63) is 59.2 Å². The molecule has 28 heavy (non-hydrogen) atoms. The van der Waals surface area contributed by atoms with Crippen LogP contribution in [-0.4, -0.2) is 18.3 Å². The Morgan fingerprint density at radius 3 is 2.54 bits per heavy atom. The quantitative estimate of drug-likeness (QED) is 0.621. The third-order valence-electron chi connectivity index (χ3n) is 5.21. The van der Waals surface area contributed by atoms with Crippen LogP contribution in [0.25, 0.3) is 10.9 Å². The molecule has 1 aliphatic rings. The van der Waals surface area contributed by atoms with E-state index in [0.717, 1.165) is 12.8 Å². The number of rotatable bonds is 5. The van der Waals surface area contributed by atoms with Crippen LogP contribution >= 0.6 is 11.6 Å². The summed E-state index contributed by atoms with van der Waals surface area (Å²) in [5, 5.41) is 3.86. The first-order valence-electron chi connectivity index (χ1n) is 8.91. The predicted molar refractivity (Wildman–Crippen MR) is 110 cm³/mol. The SMILES string of the molecule is CC1(C(=O)NCc2cc3cc(Cl)c(N)cc3n2S(=O)(=O)c2ccccc2)CC1. The second-order valence-corrected chi connectivity index (χ2v) is 9.59. The van der Waals surface area contributed by atoms with Crippen LogP contribution in [0.3, 0.4) is 0 Å². The Bertz CT molecular complexity index is 1180. The first-order chi connectivity index (χ1) is 13.2. The Morgan fingerprint density at radius 1 is 1.21 bits per heavy atom. The van der Waals surface area contributed by atoms with Gasteiger partial charge in [0.25, 0.3) is 10.0 Å². The zero-order valence-corrected chi connectivity index (χ0v) is 16.8. The molecule has 1 fully saturated rings. The molecule has 6 nitrogen and oxygen atoms in total. The molecule has 1 aromatic heterocycles. The number of carbonyl (C=O) groups is 1. The van der Waals surface area contributed by atoms with Crippen LogP contribution in [0.4, 0.5) is 5.69 Å². The smallest absolute Gasteiger partial charge is 0.268 e. The molecule has 0 spiro atoms. The molecule has 4 rings (SSSR count). The Labute approximate surface area is 168 Å². The third kappa shape index (κ3) is 3.14. The molecule has 3 aromatic rings. The van der Waals surface area contributed by atoms with Crippen LogP contribution in [-0.2, 0) is 21.4 Å². The minimum atomic E-state index is -3.88. The van der Waals surface area contributed by atoms with E-state index in [4.69, 9.17) is 17.3 Å². The highest BCUT2D eigenvalue weighted by molar-refractivity contribution is 7.90. The van der Waals surface area contributed by atoms with E-state index < -0.39 is 10.0 Å². The van der Waals surface area contributed by atoms with Crippen molar-refractivity contribution in [2.24, 2.45) is 5.41 Å². The van der Waals surface area contributed by atoms with E-state index in [1.165, 1.54) is 16.1 Å². The average molecular weight is 418 g/mol. The Morgan fingerprint density at radius 2 is 1.89 bits per heavy atom. The molecule has 1 amide bonds. The van der Waals surface area contributed by atoms with Crippen molar-refractivity contribution < 1.29 is 13.2 Å². The van der Waals surface area contributed by atoms with Crippen molar-refractivity contribution in [2.75, 3.05) is 5.73 Å². The van der Waals surface area contributed by atoms with Gasteiger partial charge in [-0.1, -0.05) is 36.7 Å². The number of carbonyl (C=O) groups excluding carboxylic acids is 1. The maximum Gasteiger partial charge on any atom is 0.268 e. The summed E-state index contributed by atoms with van der Waals surface area (Å²) in [6, 6.07) is 13.1. The van der Waals surface area contributed by atoms with E-state index in [1.807, 2.05) is 6.92 Å². The van der Waals surface area contributed by atoms with Gasteiger partial charge in [-0.3, -0.25) is 4.79 Å². The molecule has 2 aromatic carbocycles. The minimum absolute atomic E-state index is 0.0704. The molecule has 146 valence electrons. The van der Waals surface area contributed by atoms with Crippen molar-refractivity contribution in [1.29, 1.82) is 0 Å². The van der Waals surface area contributed by atoms with Gasteiger partial charge < -0.3 is 11.1 Å². The lowest BCUT2D eigenvalue weighted by Gasteiger charge is -2.14. The molecule has 8 heteroatoms. The Balaban J connectivity index is 1.84. The normalized spacial score (nSPS) is 15.5. The van der Waals surface area contributed by atoms with Crippen molar-refractivity contribution in [1.82, 2.24) is 9.29 Å². The maximum absolute atomic E-state index is 13.4. The fraction of sp³-hybridized carbons (Fsp3) is 0.250. The molecule has 0 aliphatic heterocycles. The van der Waals surface area contributed by atoms with Gasteiger partial charge in [0.1, 0.15) is 0 Å². The molecule has 3 N–H and O–H groups in total. The number of halogens is 1. The number of anilines is 1. The summed E-state index contributed by atoms with van der Waals surface area (Å²) in [5.41, 5.74) is 6.74. The molecule has 0 atom stereocenters. The summed E-state index contributed by atoms with van der Waals surface area (Å²) in [6.45, 7) is 1.99. The molecule has 0 radical (unpaired) electrons. The fourth-order valence-corrected chi connectivity index (χ4v) is 4.91. The summed E-state index contributed by atoms with van der Waals surface area (Å²) in [4.78, 5) is 12.5. The van der Waals surface area contributed by atoms with Crippen LogP contribution in [0, 0.1) is 5.41 Å². The molecular formula is C20H20ClN3O3S. The van der Waals surface area contributed by atoms with Gasteiger partial charge in [-0.05, 0) is 43.2 Å². The summed E-state index contributed by atoms with van der Waals surface area (Å²) in [6.07, 6.45) is 1.69. The van der Waals surface area contributed by atoms with Gasteiger partial charge in [-0.2, -0.15) is 0 Å². The molecule has 0 unspecified atom stereocenters.